The lowest BCUT2D eigenvalue weighted by Gasteiger charge is -2.29. The number of phosphoric ester groups is 1. The lowest BCUT2D eigenvalue weighted by molar-refractivity contribution is -0.384. The fraction of sp³-hybridized carbons (Fsp3) is 0.200. The van der Waals surface area contributed by atoms with Crippen LogP contribution in [0.1, 0.15) is 18.1 Å². The van der Waals surface area contributed by atoms with Crippen LogP contribution in [-0.4, -0.2) is 11.5 Å². The zero-order chi connectivity index (χ0) is 17.2. The maximum Gasteiger partial charge on any atom is 0.530 e. The highest BCUT2D eigenvalue weighted by Crippen LogP contribution is 2.56. The molecular formula is C15H13FNO6P. The average Bonchev–Trinajstić information content (AvgIpc) is 2.55. The summed E-state index contributed by atoms with van der Waals surface area (Å²) >= 11 is 0. The minimum atomic E-state index is -3.87. The summed E-state index contributed by atoms with van der Waals surface area (Å²) in [5, 5.41) is 10.6. The van der Waals surface area contributed by atoms with Crippen molar-refractivity contribution in [1.29, 1.82) is 0 Å². The van der Waals surface area contributed by atoms with E-state index in [2.05, 4.69) is 0 Å². The lowest BCUT2D eigenvalue weighted by Crippen LogP contribution is -2.16. The highest BCUT2D eigenvalue weighted by Gasteiger charge is 2.37. The Hall–Kier alpha value is -2.28. The largest absolute Gasteiger partial charge is 0.530 e. The molecule has 1 fully saturated rings. The first-order valence-corrected chi connectivity index (χ1v) is 8.54. The van der Waals surface area contributed by atoms with E-state index in [0.717, 1.165) is 0 Å². The van der Waals surface area contributed by atoms with Crippen molar-refractivity contribution in [2.24, 2.45) is 0 Å². The number of nitrogens with zero attached hydrogens (tertiary/aromatic N) is 1. The molecule has 0 bridgehead atoms. The van der Waals surface area contributed by atoms with Gasteiger partial charge in [0, 0.05) is 18.6 Å². The maximum absolute atomic E-state index is 13.0. The molecular weight excluding hydrogens is 340 g/mol. The Morgan fingerprint density at radius 3 is 2.46 bits per heavy atom. The summed E-state index contributed by atoms with van der Waals surface area (Å²) in [5.41, 5.74) is 0.544. The Labute approximate surface area is 136 Å². The average molecular weight is 353 g/mol. The molecule has 2 aromatic rings. The van der Waals surface area contributed by atoms with Gasteiger partial charge in [0.05, 0.1) is 17.6 Å². The lowest BCUT2D eigenvalue weighted by atomic mass is 10.1. The van der Waals surface area contributed by atoms with E-state index in [1.54, 1.807) is 12.1 Å². The number of nitro benzene ring substituents is 1. The van der Waals surface area contributed by atoms with Gasteiger partial charge in [-0.3, -0.25) is 19.2 Å². The summed E-state index contributed by atoms with van der Waals surface area (Å²) in [6.07, 6.45) is -0.109. The van der Waals surface area contributed by atoms with E-state index in [4.69, 9.17) is 13.6 Å². The highest BCUT2D eigenvalue weighted by molar-refractivity contribution is 7.49. The molecule has 0 saturated carbocycles. The fourth-order valence-electron chi connectivity index (χ4n) is 2.22. The van der Waals surface area contributed by atoms with E-state index in [1.165, 1.54) is 36.4 Å². The second-order valence-electron chi connectivity index (χ2n) is 5.06. The van der Waals surface area contributed by atoms with Gasteiger partial charge in [-0.15, -0.1) is 0 Å². The van der Waals surface area contributed by atoms with Crippen LogP contribution >= 0.6 is 7.82 Å². The third-order valence-electron chi connectivity index (χ3n) is 3.39. The van der Waals surface area contributed by atoms with Crippen molar-refractivity contribution < 1.29 is 27.5 Å². The molecule has 1 heterocycles. The van der Waals surface area contributed by atoms with Crippen LogP contribution in [-0.2, 0) is 13.6 Å². The predicted octanol–water partition coefficient (Wildman–Crippen LogP) is 4.40. The molecule has 0 radical (unpaired) electrons. The summed E-state index contributed by atoms with van der Waals surface area (Å²) in [4.78, 5) is 10.1. The summed E-state index contributed by atoms with van der Waals surface area (Å²) in [5.74, 6) is -0.250. The third kappa shape index (κ3) is 3.79. The standard InChI is InChI=1S/C15H13FNO6P/c16-12-3-1-11(2-4-12)15-9-10-21-24(20,23-15)22-14-7-5-13(6-8-14)17(18)19/h1-8,15H,9-10H2. The number of hydrogen-bond donors (Lipinski definition) is 0. The van der Waals surface area contributed by atoms with Crippen LogP contribution in [0.15, 0.2) is 48.5 Å². The second-order valence-corrected chi connectivity index (χ2v) is 6.60. The number of non-ortho nitro benzene ring substituents is 1. The molecule has 2 aromatic carbocycles. The highest BCUT2D eigenvalue weighted by atomic mass is 31.2. The Balaban J connectivity index is 1.73. The molecule has 2 atom stereocenters. The van der Waals surface area contributed by atoms with Crippen molar-refractivity contribution in [2.75, 3.05) is 6.61 Å². The van der Waals surface area contributed by atoms with Gasteiger partial charge in [0.15, 0.2) is 0 Å². The van der Waals surface area contributed by atoms with E-state index in [0.29, 0.717) is 12.0 Å². The monoisotopic (exact) mass is 353 g/mol. The number of rotatable bonds is 4. The van der Waals surface area contributed by atoms with Gasteiger partial charge >= 0.3 is 7.82 Å². The molecule has 0 aromatic heterocycles. The molecule has 1 aliphatic rings. The molecule has 126 valence electrons. The first-order valence-electron chi connectivity index (χ1n) is 7.08. The van der Waals surface area contributed by atoms with Crippen molar-refractivity contribution >= 4 is 13.5 Å². The third-order valence-corrected chi connectivity index (χ3v) is 4.84. The minimum Gasteiger partial charge on any atom is -0.404 e. The molecule has 1 aliphatic heterocycles. The van der Waals surface area contributed by atoms with Gasteiger partial charge in [0.25, 0.3) is 5.69 Å². The Kier molecular flexibility index (Phi) is 4.62. The van der Waals surface area contributed by atoms with E-state index >= 15 is 0 Å². The molecule has 0 spiro atoms. The van der Waals surface area contributed by atoms with Crippen molar-refractivity contribution in [1.82, 2.24) is 0 Å². The Morgan fingerprint density at radius 2 is 1.83 bits per heavy atom. The first-order chi connectivity index (χ1) is 11.5. The Bertz CT molecular complexity index is 780. The second kappa shape index (κ2) is 6.68. The number of halogens is 1. The summed E-state index contributed by atoms with van der Waals surface area (Å²) in [6.45, 7) is 0.145. The molecule has 0 N–H and O–H groups in total. The van der Waals surface area contributed by atoms with Crippen LogP contribution in [0.2, 0.25) is 0 Å². The normalized spacial score (nSPS) is 23.6. The van der Waals surface area contributed by atoms with Crippen molar-refractivity contribution in [3.63, 3.8) is 0 Å². The molecule has 0 amide bonds. The summed E-state index contributed by atoms with van der Waals surface area (Å²) in [6, 6.07) is 10.7. The quantitative estimate of drug-likeness (QED) is 0.460. The van der Waals surface area contributed by atoms with Crippen molar-refractivity contribution in [3.05, 3.63) is 70.0 Å². The molecule has 24 heavy (non-hydrogen) atoms. The SMILES string of the molecule is O=[N+]([O-])c1ccc(OP2(=O)OCCC(c3ccc(F)cc3)O2)cc1. The van der Waals surface area contributed by atoms with Crippen LogP contribution < -0.4 is 4.52 Å². The molecule has 1 saturated heterocycles. The van der Waals surface area contributed by atoms with Crippen LogP contribution in [0, 0.1) is 15.9 Å². The van der Waals surface area contributed by atoms with E-state index in [-0.39, 0.29) is 23.9 Å². The molecule has 7 nitrogen and oxygen atoms in total. The zero-order valence-electron chi connectivity index (χ0n) is 12.3. The van der Waals surface area contributed by atoms with Crippen molar-refractivity contribution in [2.45, 2.75) is 12.5 Å². The van der Waals surface area contributed by atoms with Crippen LogP contribution in [0.5, 0.6) is 5.75 Å². The summed E-state index contributed by atoms with van der Waals surface area (Å²) < 4.78 is 41.4. The zero-order valence-corrected chi connectivity index (χ0v) is 13.2. The van der Waals surface area contributed by atoms with Crippen LogP contribution in [0.25, 0.3) is 0 Å². The van der Waals surface area contributed by atoms with Gasteiger partial charge in [-0.2, -0.15) is 0 Å². The van der Waals surface area contributed by atoms with Gasteiger partial charge in [0.1, 0.15) is 11.6 Å². The van der Waals surface area contributed by atoms with Gasteiger partial charge < -0.3 is 4.52 Å². The molecule has 3 rings (SSSR count). The van der Waals surface area contributed by atoms with Gasteiger partial charge in [-0.05, 0) is 29.8 Å². The Morgan fingerprint density at radius 1 is 1.17 bits per heavy atom. The van der Waals surface area contributed by atoms with Gasteiger partial charge in [-0.1, -0.05) is 12.1 Å². The van der Waals surface area contributed by atoms with Crippen LogP contribution in [0.3, 0.4) is 0 Å². The summed E-state index contributed by atoms with van der Waals surface area (Å²) in [7, 11) is -3.87. The van der Waals surface area contributed by atoms with E-state index in [1.807, 2.05) is 0 Å². The first kappa shape index (κ1) is 16.6. The molecule has 2 unspecified atom stereocenters. The molecule has 0 aliphatic carbocycles. The number of benzene rings is 2. The number of phosphoric acid groups is 1. The van der Waals surface area contributed by atoms with Gasteiger partial charge in [0.2, 0.25) is 0 Å². The fourth-order valence-corrected chi connectivity index (χ4v) is 3.63. The van der Waals surface area contributed by atoms with Crippen LogP contribution in [0.4, 0.5) is 10.1 Å². The minimum absolute atomic E-state index is 0.115. The number of nitro groups is 1. The number of hydrogen-bond acceptors (Lipinski definition) is 6. The maximum atomic E-state index is 13.0. The predicted molar refractivity (Wildman–Crippen MR) is 82.1 cm³/mol. The topological polar surface area (TPSA) is 87.9 Å². The molecule has 9 heteroatoms. The van der Waals surface area contributed by atoms with E-state index < -0.39 is 18.8 Å². The smallest absolute Gasteiger partial charge is 0.404 e. The van der Waals surface area contributed by atoms with Crippen molar-refractivity contribution in [3.8, 4) is 5.75 Å². The van der Waals surface area contributed by atoms with Gasteiger partial charge in [-0.25, -0.2) is 8.96 Å². The van der Waals surface area contributed by atoms with E-state index in [9.17, 15) is 19.1 Å².